The number of rotatable bonds is 7. The Morgan fingerprint density at radius 3 is 2.42 bits per heavy atom. The lowest BCUT2D eigenvalue weighted by Gasteiger charge is -2.09. The van der Waals surface area contributed by atoms with Gasteiger partial charge in [0.05, 0.1) is 7.11 Å². The average Bonchev–Trinajstić information content (AvgIpc) is 2.64. The summed E-state index contributed by atoms with van der Waals surface area (Å²) in [5.41, 5.74) is 1.21. The Kier molecular flexibility index (Phi) is 6.08. The highest BCUT2D eigenvalue weighted by Gasteiger charge is 2.12. The zero-order valence-electron chi connectivity index (χ0n) is 13.4. The number of para-hydroxylation sites is 1. The summed E-state index contributed by atoms with van der Waals surface area (Å²) in [5, 5.41) is 5.39. The number of benzene rings is 1. The highest BCUT2D eigenvalue weighted by molar-refractivity contribution is 5.96. The Bertz CT molecular complexity index is 744. The van der Waals surface area contributed by atoms with Crippen LogP contribution in [0.4, 0.5) is 0 Å². The summed E-state index contributed by atoms with van der Waals surface area (Å²) >= 11 is 0. The fourth-order valence-electron chi connectivity index (χ4n) is 2.06. The second-order valence-electron chi connectivity index (χ2n) is 4.90. The summed E-state index contributed by atoms with van der Waals surface area (Å²) in [6.45, 7) is 4.17. The van der Waals surface area contributed by atoms with Crippen molar-refractivity contribution in [2.24, 2.45) is 0 Å². The van der Waals surface area contributed by atoms with Gasteiger partial charge in [-0.1, -0.05) is 30.3 Å². The first-order valence-corrected chi connectivity index (χ1v) is 7.42. The maximum Gasteiger partial charge on any atom is 0.270 e. The monoisotopic (exact) mass is 325 g/mol. The molecule has 0 aliphatic carbocycles. The lowest BCUT2D eigenvalue weighted by molar-refractivity contribution is 0.0943. The van der Waals surface area contributed by atoms with Crippen molar-refractivity contribution in [1.29, 1.82) is 0 Å². The zero-order valence-corrected chi connectivity index (χ0v) is 13.4. The standard InChI is InChI=1S/C18H19N3O3/c1-3-11-19-17(22)14-8-6-9-15(21-14)18(23)20-12-13-7-4-5-10-16(13)24-2/h3-10H,1,11-12H2,2H3,(H,19,22)(H,20,23). The predicted molar refractivity (Wildman–Crippen MR) is 90.9 cm³/mol. The lowest BCUT2D eigenvalue weighted by atomic mass is 10.2. The maximum atomic E-state index is 12.2. The fraction of sp³-hybridized carbons (Fsp3) is 0.167. The van der Waals surface area contributed by atoms with Gasteiger partial charge < -0.3 is 15.4 Å². The van der Waals surface area contributed by atoms with E-state index in [0.717, 1.165) is 5.56 Å². The number of hydrogen-bond acceptors (Lipinski definition) is 4. The minimum absolute atomic E-state index is 0.177. The van der Waals surface area contributed by atoms with E-state index < -0.39 is 0 Å². The predicted octanol–water partition coefficient (Wildman–Crippen LogP) is 1.94. The first kappa shape index (κ1) is 17.2. The molecule has 0 unspecified atom stereocenters. The summed E-state index contributed by atoms with van der Waals surface area (Å²) in [6, 6.07) is 12.1. The molecule has 1 aromatic heterocycles. The van der Waals surface area contributed by atoms with Crippen molar-refractivity contribution in [3.63, 3.8) is 0 Å². The van der Waals surface area contributed by atoms with Gasteiger partial charge in [0.2, 0.25) is 0 Å². The van der Waals surface area contributed by atoms with Crippen molar-refractivity contribution in [1.82, 2.24) is 15.6 Å². The molecule has 0 bridgehead atoms. The molecule has 2 rings (SSSR count). The molecule has 6 heteroatoms. The van der Waals surface area contributed by atoms with E-state index in [4.69, 9.17) is 4.74 Å². The minimum Gasteiger partial charge on any atom is -0.496 e. The van der Waals surface area contributed by atoms with E-state index in [2.05, 4.69) is 22.2 Å². The van der Waals surface area contributed by atoms with Gasteiger partial charge in [0.15, 0.2) is 0 Å². The van der Waals surface area contributed by atoms with E-state index in [1.165, 1.54) is 0 Å². The van der Waals surface area contributed by atoms with Crippen LogP contribution in [0.2, 0.25) is 0 Å². The van der Waals surface area contributed by atoms with E-state index >= 15 is 0 Å². The smallest absolute Gasteiger partial charge is 0.270 e. The molecule has 0 aliphatic rings. The summed E-state index contributed by atoms with van der Waals surface area (Å²) in [7, 11) is 1.58. The first-order valence-electron chi connectivity index (χ1n) is 7.42. The second kappa shape index (κ2) is 8.47. The average molecular weight is 325 g/mol. The Morgan fingerprint density at radius 1 is 1.08 bits per heavy atom. The molecule has 2 aromatic rings. The molecule has 6 nitrogen and oxygen atoms in total. The van der Waals surface area contributed by atoms with E-state index in [1.54, 1.807) is 31.4 Å². The number of nitrogens with one attached hydrogen (secondary N) is 2. The molecule has 0 fully saturated rings. The van der Waals surface area contributed by atoms with Gasteiger partial charge >= 0.3 is 0 Å². The summed E-state index contributed by atoms with van der Waals surface area (Å²) < 4.78 is 5.24. The van der Waals surface area contributed by atoms with Crippen LogP contribution in [0, 0.1) is 0 Å². The molecule has 0 spiro atoms. The summed E-state index contributed by atoms with van der Waals surface area (Å²) in [5.74, 6) is -0.0168. The van der Waals surface area contributed by atoms with Gasteiger partial charge in [0, 0.05) is 18.7 Å². The number of amides is 2. The SMILES string of the molecule is C=CCNC(=O)c1cccc(C(=O)NCc2ccccc2OC)n1. The quantitative estimate of drug-likeness (QED) is 0.762. The first-order chi connectivity index (χ1) is 11.7. The van der Waals surface area contributed by atoms with Gasteiger partial charge in [-0.05, 0) is 18.2 Å². The van der Waals surface area contributed by atoms with Crippen LogP contribution in [0.1, 0.15) is 26.5 Å². The molecule has 0 saturated heterocycles. The zero-order chi connectivity index (χ0) is 17.4. The van der Waals surface area contributed by atoms with Crippen molar-refractivity contribution in [3.8, 4) is 5.75 Å². The van der Waals surface area contributed by atoms with Crippen molar-refractivity contribution >= 4 is 11.8 Å². The lowest BCUT2D eigenvalue weighted by Crippen LogP contribution is -2.27. The number of carbonyl (C=O) groups is 2. The molecular formula is C18H19N3O3. The number of carbonyl (C=O) groups excluding carboxylic acids is 2. The van der Waals surface area contributed by atoms with E-state index in [-0.39, 0.29) is 23.2 Å². The van der Waals surface area contributed by atoms with Gasteiger partial charge in [-0.15, -0.1) is 6.58 Å². The molecule has 1 heterocycles. The van der Waals surface area contributed by atoms with Crippen molar-refractivity contribution in [2.45, 2.75) is 6.54 Å². The molecule has 0 saturated carbocycles. The molecule has 0 aliphatic heterocycles. The Morgan fingerprint density at radius 2 is 1.75 bits per heavy atom. The van der Waals surface area contributed by atoms with Crippen molar-refractivity contribution < 1.29 is 14.3 Å². The Hall–Kier alpha value is -3.15. The van der Waals surface area contributed by atoms with Crippen LogP contribution in [-0.4, -0.2) is 30.5 Å². The summed E-state index contributed by atoms with van der Waals surface area (Å²) in [4.78, 5) is 28.2. The van der Waals surface area contributed by atoms with Gasteiger partial charge in [-0.2, -0.15) is 0 Å². The third-order valence-corrected chi connectivity index (χ3v) is 3.25. The van der Waals surface area contributed by atoms with Crippen LogP contribution in [0.25, 0.3) is 0 Å². The molecule has 1 aromatic carbocycles. The normalized spacial score (nSPS) is 9.88. The number of hydrogen-bond donors (Lipinski definition) is 2. The largest absolute Gasteiger partial charge is 0.496 e. The molecule has 2 amide bonds. The molecule has 0 atom stereocenters. The van der Waals surface area contributed by atoms with E-state index in [9.17, 15) is 9.59 Å². The second-order valence-corrected chi connectivity index (χ2v) is 4.90. The van der Waals surface area contributed by atoms with Crippen LogP contribution in [0.3, 0.4) is 0 Å². The van der Waals surface area contributed by atoms with Crippen LogP contribution in [0.15, 0.2) is 55.1 Å². The summed E-state index contributed by atoms with van der Waals surface area (Å²) in [6.07, 6.45) is 1.57. The number of pyridine rings is 1. The highest BCUT2D eigenvalue weighted by atomic mass is 16.5. The van der Waals surface area contributed by atoms with Gasteiger partial charge in [0.1, 0.15) is 17.1 Å². The Labute approximate surface area is 140 Å². The number of aromatic nitrogens is 1. The topological polar surface area (TPSA) is 80.3 Å². The number of methoxy groups -OCH3 is 1. The van der Waals surface area contributed by atoms with E-state index in [1.807, 2.05) is 24.3 Å². The third kappa shape index (κ3) is 4.42. The van der Waals surface area contributed by atoms with Crippen LogP contribution in [0.5, 0.6) is 5.75 Å². The number of ether oxygens (including phenoxy) is 1. The minimum atomic E-state index is -0.362. The molecular weight excluding hydrogens is 306 g/mol. The van der Waals surface area contributed by atoms with Crippen molar-refractivity contribution in [2.75, 3.05) is 13.7 Å². The Balaban J connectivity index is 2.04. The van der Waals surface area contributed by atoms with Gasteiger partial charge in [-0.25, -0.2) is 4.98 Å². The molecule has 24 heavy (non-hydrogen) atoms. The third-order valence-electron chi connectivity index (χ3n) is 3.25. The van der Waals surface area contributed by atoms with Gasteiger partial charge in [0.25, 0.3) is 11.8 Å². The maximum absolute atomic E-state index is 12.2. The van der Waals surface area contributed by atoms with Crippen LogP contribution in [-0.2, 0) is 6.54 Å². The van der Waals surface area contributed by atoms with Crippen LogP contribution >= 0.6 is 0 Å². The van der Waals surface area contributed by atoms with Crippen LogP contribution < -0.4 is 15.4 Å². The highest BCUT2D eigenvalue weighted by Crippen LogP contribution is 2.16. The number of nitrogens with zero attached hydrogens (tertiary/aromatic N) is 1. The van der Waals surface area contributed by atoms with E-state index in [0.29, 0.717) is 18.8 Å². The molecule has 2 N–H and O–H groups in total. The molecule has 0 radical (unpaired) electrons. The molecule has 124 valence electrons. The fourth-order valence-corrected chi connectivity index (χ4v) is 2.06. The van der Waals surface area contributed by atoms with Crippen molar-refractivity contribution in [3.05, 3.63) is 72.1 Å². The van der Waals surface area contributed by atoms with Gasteiger partial charge in [-0.3, -0.25) is 9.59 Å².